The van der Waals surface area contributed by atoms with Crippen LogP contribution in [0.5, 0.6) is 0 Å². The molecular formula is C9H13N3Si. The minimum Gasteiger partial charge on any atom is -0.383 e. The second-order valence-electron chi connectivity index (χ2n) is 3.82. The molecule has 1 aromatic rings. The molecule has 0 aliphatic heterocycles. The Kier molecular flexibility index (Phi) is 2.68. The first-order chi connectivity index (χ1) is 5.99. The molecule has 0 aliphatic carbocycles. The van der Waals surface area contributed by atoms with Gasteiger partial charge in [-0.05, 0) is 0 Å². The minimum atomic E-state index is -1.34. The van der Waals surface area contributed by atoms with E-state index in [4.69, 9.17) is 5.73 Å². The lowest BCUT2D eigenvalue weighted by molar-refractivity contribution is 1.17. The van der Waals surface area contributed by atoms with Crippen molar-refractivity contribution in [3.05, 3.63) is 18.1 Å². The first-order valence-electron chi connectivity index (χ1n) is 4.08. The Balaban J connectivity index is 2.97. The quantitative estimate of drug-likeness (QED) is 0.496. The van der Waals surface area contributed by atoms with Crippen LogP contribution in [-0.2, 0) is 0 Å². The van der Waals surface area contributed by atoms with Gasteiger partial charge in [0.25, 0.3) is 0 Å². The molecule has 0 atom stereocenters. The molecule has 1 rings (SSSR count). The molecule has 0 saturated heterocycles. The van der Waals surface area contributed by atoms with Gasteiger partial charge in [-0.1, -0.05) is 25.6 Å². The van der Waals surface area contributed by atoms with Crippen molar-refractivity contribution in [2.45, 2.75) is 19.6 Å². The lowest BCUT2D eigenvalue weighted by Gasteiger charge is -2.03. The summed E-state index contributed by atoms with van der Waals surface area (Å²) in [5, 5.41) is 0. The predicted molar refractivity (Wildman–Crippen MR) is 56.7 cm³/mol. The molecule has 68 valence electrons. The summed E-state index contributed by atoms with van der Waals surface area (Å²) in [5.74, 6) is 3.47. The summed E-state index contributed by atoms with van der Waals surface area (Å²) in [7, 11) is -1.34. The van der Waals surface area contributed by atoms with Crippen molar-refractivity contribution in [2.24, 2.45) is 0 Å². The third kappa shape index (κ3) is 3.26. The molecule has 0 fully saturated rings. The van der Waals surface area contributed by atoms with E-state index in [0.29, 0.717) is 5.82 Å². The molecule has 0 aromatic carbocycles. The predicted octanol–water partition coefficient (Wildman–Crippen LogP) is 1.29. The molecular weight excluding hydrogens is 178 g/mol. The summed E-state index contributed by atoms with van der Waals surface area (Å²) in [5.41, 5.74) is 9.55. The molecule has 1 heterocycles. The highest BCUT2D eigenvalue weighted by atomic mass is 28.3. The number of rotatable bonds is 0. The molecule has 1 aromatic heterocycles. The van der Waals surface area contributed by atoms with Crippen molar-refractivity contribution in [2.75, 3.05) is 5.73 Å². The van der Waals surface area contributed by atoms with E-state index in [1.54, 1.807) is 6.20 Å². The Morgan fingerprint density at radius 1 is 1.38 bits per heavy atom. The van der Waals surface area contributed by atoms with Crippen LogP contribution in [0.3, 0.4) is 0 Å². The molecule has 0 saturated carbocycles. The maximum Gasteiger partial charge on any atom is 0.142 e. The van der Waals surface area contributed by atoms with Crippen molar-refractivity contribution in [3.8, 4) is 11.5 Å². The highest BCUT2D eigenvalue weighted by Gasteiger charge is 2.07. The van der Waals surface area contributed by atoms with Gasteiger partial charge in [-0.25, -0.2) is 9.97 Å². The fraction of sp³-hybridized carbons (Fsp3) is 0.333. The topological polar surface area (TPSA) is 51.8 Å². The van der Waals surface area contributed by atoms with Crippen LogP contribution >= 0.6 is 0 Å². The Hall–Kier alpha value is -1.34. The highest BCUT2D eigenvalue weighted by Crippen LogP contribution is 2.04. The Morgan fingerprint density at radius 2 is 2.08 bits per heavy atom. The molecule has 0 radical (unpaired) electrons. The van der Waals surface area contributed by atoms with Crippen LogP contribution < -0.4 is 5.73 Å². The molecule has 0 spiro atoms. The van der Waals surface area contributed by atoms with Gasteiger partial charge in [0.05, 0.1) is 5.56 Å². The highest BCUT2D eigenvalue weighted by molar-refractivity contribution is 6.83. The zero-order valence-electron chi connectivity index (χ0n) is 8.13. The van der Waals surface area contributed by atoms with Crippen molar-refractivity contribution in [1.82, 2.24) is 9.97 Å². The van der Waals surface area contributed by atoms with Gasteiger partial charge in [-0.15, -0.1) is 5.54 Å². The monoisotopic (exact) mass is 191 g/mol. The average molecular weight is 191 g/mol. The van der Waals surface area contributed by atoms with Crippen LogP contribution in [0.1, 0.15) is 5.56 Å². The fourth-order valence-electron chi connectivity index (χ4n) is 0.690. The Bertz CT molecular complexity index is 357. The van der Waals surface area contributed by atoms with E-state index in [9.17, 15) is 0 Å². The standard InChI is InChI=1S/C9H13N3Si/c1-13(2,3)5-4-8-6-11-7-12-9(8)10/h6-7H,1-3H3,(H2,10,11,12). The van der Waals surface area contributed by atoms with E-state index in [1.807, 2.05) is 0 Å². The summed E-state index contributed by atoms with van der Waals surface area (Å²) in [6, 6.07) is 0. The van der Waals surface area contributed by atoms with E-state index in [2.05, 4.69) is 41.1 Å². The van der Waals surface area contributed by atoms with E-state index >= 15 is 0 Å². The van der Waals surface area contributed by atoms with Gasteiger partial charge in [0.1, 0.15) is 20.2 Å². The molecule has 0 unspecified atom stereocenters. The molecule has 13 heavy (non-hydrogen) atoms. The third-order valence-electron chi connectivity index (χ3n) is 1.32. The molecule has 0 aliphatic rings. The van der Waals surface area contributed by atoms with Crippen LogP contribution in [0.4, 0.5) is 5.82 Å². The zero-order valence-corrected chi connectivity index (χ0v) is 9.13. The first-order valence-corrected chi connectivity index (χ1v) is 7.58. The Labute approximate surface area is 79.4 Å². The maximum atomic E-state index is 5.61. The number of hydrogen-bond acceptors (Lipinski definition) is 3. The van der Waals surface area contributed by atoms with Crippen LogP contribution in [0.25, 0.3) is 0 Å². The second kappa shape index (κ2) is 3.58. The average Bonchev–Trinajstić information content (AvgIpc) is 2.01. The van der Waals surface area contributed by atoms with E-state index in [0.717, 1.165) is 5.56 Å². The third-order valence-corrected chi connectivity index (χ3v) is 2.19. The van der Waals surface area contributed by atoms with E-state index in [1.165, 1.54) is 6.33 Å². The van der Waals surface area contributed by atoms with Gasteiger partial charge in [-0.2, -0.15) is 0 Å². The first kappa shape index (κ1) is 9.74. The molecule has 0 amide bonds. The van der Waals surface area contributed by atoms with Crippen molar-refractivity contribution in [1.29, 1.82) is 0 Å². The van der Waals surface area contributed by atoms with Gasteiger partial charge in [-0.3, -0.25) is 0 Å². The van der Waals surface area contributed by atoms with E-state index < -0.39 is 8.07 Å². The largest absolute Gasteiger partial charge is 0.383 e. The van der Waals surface area contributed by atoms with Gasteiger partial charge in [0, 0.05) is 6.20 Å². The summed E-state index contributed by atoms with van der Waals surface area (Å²) < 4.78 is 0. The number of nitrogens with two attached hydrogens (primary N) is 1. The lowest BCUT2D eigenvalue weighted by atomic mass is 10.3. The SMILES string of the molecule is C[Si](C)(C)C#Cc1cncnc1N. The summed E-state index contributed by atoms with van der Waals surface area (Å²) in [6.45, 7) is 6.54. The van der Waals surface area contributed by atoms with Gasteiger partial charge < -0.3 is 5.73 Å². The van der Waals surface area contributed by atoms with Gasteiger partial charge in [0.15, 0.2) is 0 Å². The summed E-state index contributed by atoms with van der Waals surface area (Å²) >= 11 is 0. The Morgan fingerprint density at radius 3 is 2.62 bits per heavy atom. The molecule has 0 bridgehead atoms. The van der Waals surface area contributed by atoms with Gasteiger partial charge in [0.2, 0.25) is 0 Å². The van der Waals surface area contributed by atoms with Crippen LogP contribution in [-0.4, -0.2) is 18.0 Å². The minimum absolute atomic E-state index is 0.459. The van der Waals surface area contributed by atoms with Crippen molar-refractivity contribution >= 4 is 13.9 Å². The molecule has 3 nitrogen and oxygen atoms in total. The number of aromatic nitrogens is 2. The lowest BCUT2D eigenvalue weighted by Crippen LogP contribution is -2.16. The number of anilines is 1. The normalized spacial score (nSPS) is 10.4. The van der Waals surface area contributed by atoms with Crippen LogP contribution in [0.2, 0.25) is 19.6 Å². The summed E-state index contributed by atoms with van der Waals surface area (Å²) in [6.07, 6.45) is 3.07. The van der Waals surface area contributed by atoms with Crippen molar-refractivity contribution < 1.29 is 0 Å². The number of nitrogen functional groups attached to an aromatic ring is 1. The van der Waals surface area contributed by atoms with E-state index in [-0.39, 0.29) is 0 Å². The maximum absolute atomic E-state index is 5.61. The van der Waals surface area contributed by atoms with Crippen molar-refractivity contribution in [3.63, 3.8) is 0 Å². The smallest absolute Gasteiger partial charge is 0.142 e. The number of hydrogen-bond donors (Lipinski definition) is 1. The second-order valence-corrected chi connectivity index (χ2v) is 8.57. The van der Waals surface area contributed by atoms with Gasteiger partial charge >= 0.3 is 0 Å². The zero-order chi connectivity index (χ0) is 9.90. The fourth-order valence-corrected chi connectivity index (χ4v) is 1.20. The molecule has 4 heteroatoms. The molecule has 2 N–H and O–H groups in total. The van der Waals surface area contributed by atoms with Crippen LogP contribution in [0, 0.1) is 11.5 Å². The summed E-state index contributed by atoms with van der Waals surface area (Å²) in [4.78, 5) is 7.73. The van der Waals surface area contributed by atoms with Crippen LogP contribution in [0.15, 0.2) is 12.5 Å². The number of nitrogens with zero attached hydrogens (tertiary/aromatic N) is 2.